The van der Waals surface area contributed by atoms with Gasteiger partial charge in [0.25, 0.3) is 0 Å². The van der Waals surface area contributed by atoms with Gasteiger partial charge in [0.1, 0.15) is 5.82 Å². The van der Waals surface area contributed by atoms with Gasteiger partial charge in [-0.05, 0) is 25.0 Å². The molecule has 0 atom stereocenters. The van der Waals surface area contributed by atoms with E-state index in [4.69, 9.17) is 0 Å². The lowest BCUT2D eigenvalue weighted by atomic mass is 9.95. The number of aromatic nitrogens is 3. The molecular formula is C15H21N3O2. The maximum atomic E-state index is 11.2. The van der Waals surface area contributed by atoms with Crippen LogP contribution >= 0.6 is 0 Å². The van der Waals surface area contributed by atoms with E-state index in [1.807, 2.05) is 4.40 Å². The van der Waals surface area contributed by atoms with Gasteiger partial charge in [-0.25, -0.2) is 4.79 Å². The molecule has 0 radical (unpaired) electrons. The van der Waals surface area contributed by atoms with Gasteiger partial charge in [0.15, 0.2) is 5.65 Å². The summed E-state index contributed by atoms with van der Waals surface area (Å²) in [4.78, 5) is 11.2. The van der Waals surface area contributed by atoms with Gasteiger partial charge >= 0.3 is 5.97 Å². The van der Waals surface area contributed by atoms with Gasteiger partial charge in [-0.2, -0.15) is 0 Å². The Balaban J connectivity index is 2.67. The Hall–Kier alpha value is -1.91. The van der Waals surface area contributed by atoms with Gasteiger partial charge in [-0.15, -0.1) is 10.2 Å². The standard InChI is InChI=1S/C15H21N3O2/c1-5-6-7-11-8-10(13(19)20)9-12-16-17-14(18(11)12)15(2,3)4/h8-9H,5-7H2,1-4H3,(H,19,20). The van der Waals surface area contributed by atoms with Gasteiger partial charge in [0.05, 0.1) is 5.56 Å². The Labute approximate surface area is 118 Å². The highest BCUT2D eigenvalue weighted by atomic mass is 16.4. The number of carbonyl (C=O) groups is 1. The van der Waals surface area contributed by atoms with Crippen LogP contribution < -0.4 is 0 Å². The minimum Gasteiger partial charge on any atom is -0.478 e. The first-order valence-corrected chi connectivity index (χ1v) is 6.96. The molecule has 0 spiro atoms. The number of carboxylic acid groups (broad SMARTS) is 1. The van der Waals surface area contributed by atoms with E-state index in [1.54, 1.807) is 12.1 Å². The van der Waals surface area contributed by atoms with Crippen LogP contribution in [-0.4, -0.2) is 25.7 Å². The molecule has 1 N–H and O–H groups in total. The zero-order valence-electron chi connectivity index (χ0n) is 12.5. The lowest BCUT2D eigenvalue weighted by Crippen LogP contribution is -2.18. The molecule has 0 amide bonds. The molecule has 0 fully saturated rings. The summed E-state index contributed by atoms with van der Waals surface area (Å²) in [5.41, 5.74) is 1.72. The molecule has 20 heavy (non-hydrogen) atoms. The third kappa shape index (κ3) is 2.66. The summed E-state index contributed by atoms with van der Waals surface area (Å²) < 4.78 is 2.00. The van der Waals surface area contributed by atoms with Crippen LogP contribution in [0.2, 0.25) is 0 Å². The molecule has 0 aliphatic carbocycles. The van der Waals surface area contributed by atoms with Crippen LogP contribution in [0.15, 0.2) is 12.1 Å². The van der Waals surface area contributed by atoms with E-state index in [0.29, 0.717) is 5.65 Å². The van der Waals surface area contributed by atoms with Crippen molar-refractivity contribution in [3.05, 3.63) is 29.2 Å². The van der Waals surface area contributed by atoms with Crippen molar-refractivity contribution in [1.29, 1.82) is 0 Å². The second-order valence-electron chi connectivity index (χ2n) is 6.11. The van der Waals surface area contributed by atoms with Crippen molar-refractivity contribution in [3.63, 3.8) is 0 Å². The topological polar surface area (TPSA) is 67.5 Å². The molecule has 2 rings (SSSR count). The average Bonchev–Trinajstić information content (AvgIpc) is 2.79. The van der Waals surface area contributed by atoms with E-state index < -0.39 is 5.97 Å². The molecule has 0 unspecified atom stereocenters. The Bertz CT molecular complexity index is 638. The molecule has 0 aromatic carbocycles. The third-order valence-electron chi connectivity index (χ3n) is 3.29. The highest BCUT2D eigenvalue weighted by Crippen LogP contribution is 2.24. The first-order chi connectivity index (χ1) is 9.34. The van der Waals surface area contributed by atoms with Crippen LogP contribution in [0.5, 0.6) is 0 Å². The summed E-state index contributed by atoms with van der Waals surface area (Å²) in [5.74, 6) is -0.0545. The highest BCUT2D eigenvalue weighted by Gasteiger charge is 2.23. The lowest BCUT2D eigenvalue weighted by molar-refractivity contribution is 0.0696. The van der Waals surface area contributed by atoms with Gasteiger partial charge < -0.3 is 5.11 Å². The van der Waals surface area contributed by atoms with Crippen LogP contribution in [0.25, 0.3) is 5.65 Å². The normalized spacial score (nSPS) is 12.0. The number of aromatic carboxylic acids is 1. The smallest absolute Gasteiger partial charge is 0.335 e. The third-order valence-corrected chi connectivity index (χ3v) is 3.29. The average molecular weight is 275 g/mol. The summed E-state index contributed by atoms with van der Waals surface area (Å²) in [6, 6.07) is 3.32. The number of hydrogen-bond acceptors (Lipinski definition) is 3. The molecule has 0 bridgehead atoms. The van der Waals surface area contributed by atoms with E-state index in [1.165, 1.54) is 0 Å². The fourth-order valence-corrected chi connectivity index (χ4v) is 2.25. The predicted octanol–water partition coefficient (Wildman–Crippen LogP) is 3.07. The van der Waals surface area contributed by atoms with Gasteiger partial charge in [-0.1, -0.05) is 34.1 Å². The number of carboxylic acids is 1. The SMILES string of the molecule is CCCCc1cc(C(=O)O)cc2nnc(C(C)(C)C)n12. The first kappa shape index (κ1) is 14.5. The molecule has 2 heterocycles. The molecule has 0 aliphatic heterocycles. The quantitative estimate of drug-likeness (QED) is 0.931. The van der Waals surface area contributed by atoms with E-state index >= 15 is 0 Å². The maximum Gasteiger partial charge on any atom is 0.335 e. The summed E-state index contributed by atoms with van der Waals surface area (Å²) in [6.07, 6.45) is 2.90. The molecule has 2 aromatic rings. The second kappa shape index (κ2) is 5.23. The van der Waals surface area contributed by atoms with Crippen molar-refractivity contribution in [3.8, 4) is 0 Å². The van der Waals surface area contributed by atoms with Gasteiger partial charge in [0, 0.05) is 11.1 Å². The monoisotopic (exact) mass is 275 g/mol. The number of aryl methyl sites for hydroxylation is 1. The highest BCUT2D eigenvalue weighted by molar-refractivity contribution is 5.89. The fraction of sp³-hybridized carbons (Fsp3) is 0.533. The first-order valence-electron chi connectivity index (χ1n) is 6.96. The molecule has 0 aliphatic rings. The second-order valence-corrected chi connectivity index (χ2v) is 6.11. The zero-order valence-corrected chi connectivity index (χ0v) is 12.5. The van der Waals surface area contributed by atoms with E-state index in [9.17, 15) is 9.90 Å². The van der Waals surface area contributed by atoms with Gasteiger partial charge in [-0.3, -0.25) is 4.40 Å². The number of fused-ring (bicyclic) bond motifs is 1. The number of rotatable bonds is 4. The Morgan fingerprint density at radius 1 is 1.30 bits per heavy atom. The van der Waals surface area contributed by atoms with Crippen molar-refractivity contribution < 1.29 is 9.90 Å². The summed E-state index contributed by atoms with van der Waals surface area (Å²) in [6.45, 7) is 8.36. The Morgan fingerprint density at radius 2 is 2.00 bits per heavy atom. The van der Waals surface area contributed by atoms with E-state index in [0.717, 1.165) is 30.8 Å². The number of nitrogens with zero attached hydrogens (tertiary/aromatic N) is 3. The maximum absolute atomic E-state index is 11.2. The van der Waals surface area contributed by atoms with Crippen LogP contribution in [0.3, 0.4) is 0 Å². The molecule has 108 valence electrons. The largest absolute Gasteiger partial charge is 0.478 e. The van der Waals surface area contributed by atoms with E-state index in [2.05, 4.69) is 37.9 Å². The van der Waals surface area contributed by atoms with E-state index in [-0.39, 0.29) is 11.0 Å². The number of hydrogen-bond donors (Lipinski definition) is 1. The predicted molar refractivity (Wildman–Crippen MR) is 77.3 cm³/mol. The van der Waals surface area contributed by atoms with Crippen molar-refractivity contribution in [2.75, 3.05) is 0 Å². The molecule has 0 saturated heterocycles. The van der Waals surface area contributed by atoms with Crippen LogP contribution in [0.1, 0.15) is 62.4 Å². The van der Waals surface area contributed by atoms with Crippen molar-refractivity contribution in [2.45, 2.75) is 52.4 Å². The number of pyridine rings is 1. The molecule has 0 saturated carbocycles. The molecule has 5 heteroatoms. The summed E-state index contributed by atoms with van der Waals surface area (Å²) in [5, 5.41) is 17.6. The minimum atomic E-state index is -0.925. The molecule has 5 nitrogen and oxygen atoms in total. The summed E-state index contributed by atoms with van der Waals surface area (Å²) >= 11 is 0. The summed E-state index contributed by atoms with van der Waals surface area (Å²) in [7, 11) is 0. The van der Waals surface area contributed by atoms with Gasteiger partial charge in [0.2, 0.25) is 0 Å². The molecular weight excluding hydrogens is 254 g/mol. The van der Waals surface area contributed by atoms with Crippen LogP contribution in [-0.2, 0) is 11.8 Å². The Kier molecular flexibility index (Phi) is 3.79. The van der Waals surface area contributed by atoms with Crippen molar-refractivity contribution in [1.82, 2.24) is 14.6 Å². The number of unbranched alkanes of at least 4 members (excludes halogenated alkanes) is 1. The van der Waals surface area contributed by atoms with Crippen LogP contribution in [0.4, 0.5) is 0 Å². The van der Waals surface area contributed by atoms with Crippen molar-refractivity contribution in [2.24, 2.45) is 0 Å². The zero-order chi connectivity index (χ0) is 14.9. The van der Waals surface area contributed by atoms with Crippen molar-refractivity contribution >= 4 is 11.6 Å². The Morgan fingerprint density at radius 3 is 2.55 bits per heavy atom. The lowest BCUT2D eigenvalue weighted by Gasteiger charge is -2.18. The van der Waals surface area contributed by atoms with Crippen LogP contribution in [0, 0.1) is 0 Å². The molecule has 2 aromatic heterocycles. The fourth-order valence-electron chi connectivity index (χ4n) is 2.25. The minimum absolute atomic E-state index is 0.134.